The predicted molar refractivity (Wildman–Crippen MR) is 59.7 cm³/mol. The van der Waals surface area contributed by atoms with Gasteiger partial charge >= 0.3 is 5.97 Å². The molecule has 0 amide bonds. The van der Waals surface area contributed by atoms with Crippen LogP contribution in [0.4, 0.5) is 0 Å². The molecule has 1 fully saturated rings. The van der Waals surface area contributed by atoms with Gasteiger partial charge in [-0.15, -0.1) is 23.1 Å². The first kappa shape index (κ1) is 10.5. The van der Waals surface area contributed by atoms with Gasteiger partial charge in [-0.05, 0) is 30.6 Å². The maximum Gasteiger partial charge on any atom is 0.346 e. The Morgan fingerprint density at radius 3 is 2.73 bits per heavy atom. The first-order valence-corrected chi connectivity index (χ1v) is 6.57. The quantitative estimate of drug-likeness (QED) is 0.824. The number of aromatic carboxylic acids is 1. The van der Waals surface area contributed by atoms with Gasteiger partial charge in [0.15, 0.2) is 0 Å². The van der Waals surface area contributed by atoms with Gasteiger partial charge in [0.1, 0.15) is 10.9 Å². The van der Waals surface area contributed by atoms with Gasteiger partial charge < -0.3 is 5.11 Å². The molecule has 78 valence electrons. The van der Waals surface area contributed by atoms with E-state index in [9.17, 15) is 4.79 Å². The molecule has 5 heteroatoms. The number of carbonyl (C=O) groups is 1. The molecule has 15 heavy (non-hydrogen) atoms. The Hall–Kier alpha value is -0.990. The summed E-state index contributed by atoms with van der Waals surface area (Å²) in [6.45, 7) is 0. The van der Waals surface area contributed by atoms with E-state index in [0.717, 1.165) is 22.6 Å². The van der Waals surface area contributed by atoms with Crippen LogP contribution in [0, 0.1) is 11.3 Å². The second kappa shape index (κ2) is 3.87. The van der Waals surface area contributed by atoms with Gasteiger partial charge in [-0.2, -0.15) is 5.26 Å². The lowest BCUT2D eigenvalue weighted by Crippen LogP contribution is -1.97. The van der Waals surface area contributed by atoms with E-state index in [1.165, 1.54) is 23.1 Å². The topological polar surface area (TPSA) is 61.1 Å². The van der Waals surface area contributed by atoms with E-state index in [4.69, 9.17) is 10.4 Å². The molecular weight excluding hydrogens is 230 g/mol. The Kier molecular flexibility index (Phi) is 2.72. The van der Waals surface area contributed by atoms with E-state index >= 15 is 0 Å². The van der Waals surface area contributed by atoms with E-state index in [-0.39, 0.29) is 0 Å². The van der Waals surface area contributed by atoms with Crippen LogP contribution in [0.1, 0.15) is 39.6 Å². The van der Waals surface area contributed by atoms with Gasteiger partial charge in [0.05, 0.1) is 9.77 Å². The standard InChI is InChI=1S/C10H9NO2S2/c1-14-10-6(4-11)7(5-2-3-5)8(15-10)9(12)13/h5H,2-3H2,1H3,(H,12,13). The van der Waals surface area contributed by atoms with Gasteiger partial charge in [0.2, 0.25) is 0 Å². The second-order valence-corrected chi connectivity index (χ2v) is 5.50. The van der Waals surface area contributed by atoms with Crippen molar-refractivity contribution in [2.45, 2.75) is 23.0 Å². The molecule has 0 atom stereocenters. The summed E-state index contributed by atoms with van der Waals surface area (Å²) in [5.74, 6) is -0.596. The monoisotopic (exact) mass is 239 g/mol. The van der Waals surface area contributed by atoms with Crippen LogP contribution < -0.4 is 0 Å². The first-order chi connectivity index (χ1) is 7.19. The highest BCUT2D eigenvalue weighted by atomic mass is 32.2. The Bertz CT molecular complexity index is 455. The summed E-state index contributed by atoms with van der Waals surface area (Å²) in [5.41, 5.74) is 1.37. The number of rotatable bonds is 3. The van der Waals surface area contributed by atoms with E-state index in [2.05, 4.69) is 6.07 Å². The molecule has 1 aliphatic carbocycles. The number of carboxylic acids is 1. The molecule has 0 bridgehead atoms. The zero-order valence-electron chi connectivity index (χ0n) is 8.11. The minimum absolute atomic E-state index is 0.308. The van der Waals surface area contributed by atoms with Crippen molar-refractivity contribution in [1.82, 2.24) is 0 Å². The van der Waals surface area contributed by atoms with Gasteiger partial charge in [-0.3, -0.25) is 0 Å². The van der Waals surface area contributed by atoms with E-state index < -0.39 is 5.97 Å². The summed E-state index contributed by atoms with van der Waals surface area (Å²) in [6.07, 6.45) is 3.90. The molecule has 1 aliphatic rings. The maximum atomic E-state index is 11.0. The molecule has 0 aromatic carbocycles. The normalized spacial score (nSPS) is 14.9. The van der Waals surface area contributed by atoms with Crippen molar-refractivity contribution in [3.05, 3.63) is 16.0 Å². The van der Waals surface area contributed by atoms with Crippen LogP contribution in [-0.2, 0) is 0 Å². The fourth-order valence-electron chi connectivity index (χ4n) is 1.59. The third-order valence-corrected chi connectivity index (χ3v) is 4.70. The lowest BCUT2D eigenvalue weighted by atomic mass is 10.1. The Morgan fingerprint density at radius 2 is 2.33 bits per heavy atom. The van der Waals surface area contributed by atoms with Crippen molar-refractivity contribution in [1.29, 1.82) is 5.26 Å². The third kappa shape index (κ3) is 1.75. The summed E-state index contributed by atoms with van der Waals surface area (Å²) in [6, 6.07) is 2.14. The lowest BCUT2D eigenvalue weighted by molar-refractivity contribution is 0.0701. The Labute approximate surface area is 95.7 Å². The molecule has 1 heterocycles. The molecule has 2 rings (SSSR count). The molecule has 1 aromatic heterocycles. The van der Waals surface area contributed by atoms with E-state index in [1.54, 1.807) is 0 Å². The van der Waals surface area contributed by atoms with Crippen molar-refractivity contribution in [2.24, 2.45) is 0 Å². The molecular formula is C10H9NO2S2. The summed E-state index contributed by atoms with van der Waals surface area (Å²) in [7, 11) is 0. The second-order valence-electron chi connectivity index (χ2n) is 3.40. The number of nitriles is 1. The van der Waals surface area contributed by atoms with Crippen LogP contribution in [0.25, 0.3) is 0 Å². The summed E-state index contributed by atoms with van der Waals surface area (Å²) in [4.78, 5) is 11.4. The zero-order chi connectivity index (χ0) is 11.0. The molecule has 0 radical (unpaired) electrons. The van der Waals surface area contributed by atoms with Crippen molar-refractivity contribution >= 4 is 29.1 Å². The van der Waals surface area contributed by atoms with Crippen LogP contribution in [-0.4, -0.2) is 17.3 Å². The van der Waals surface area contributed by atoms with Crippen LogP contribution in [0.3, 0.4) is 0 Å². The largest absolute Gasteiger partial charge is 0.477 e. The first-order valence-electron chi connectivity index (χ1n) is 4.53. The summed E-state index contributed by atoms with van der Waals surface area (Å²) in [5, 5.41) is 18.1. The average molecular weight is 239 g/mol. The van der Waals surface area contributed by atoms with Crippen molar-refractivity contribution in [3.8, 4) is 6.07 Å². The number of hydrogen-bond donors (Lipinski definition) is 1. The van der Waals surface area contributed by atoms with Gasteiger partial charge in [-0.25, -0.2) is 4.79 Å². The van der Waals surface area contributed by atoms with Crippen molar-refractivity contribution in [3.63, 3.8) is 0 Å². The number of carboxylic acid groups (broad SMARTS) is 1. The minimum Gasteiger partial charge on any atom is -0.477 e. The molecule has 1 aromatic rings. The number of thiophene rings is 1. The third-order valence-electron chi connectivity index (χ3n) is 2.39. The van der Waals surface area contributed by atoms with Crippen LogP contribution in [0.2, 0.25) is 0 Å². The zero-order valence-corrected chi connectivity index (χ0v) is 9.74. The lowest BCUT2D eigenvalue weighted by Gasteiger charge is -1.96. The molecule has 1 saturated carbocycles. The highest BCUT2D eigenvalue weighted by Gasteiger charge is 2.34. The fraction of sp³-hybridized carbons (Fsp3) is 0.400. The Balaban J connectivity index is 2.60. The molecule has 0 unspecified atom stereocenters. The Morgan fingerprint density at radius 1 is 1.67 bits per heavy atom. The van der Waals surface area contributed by atoms with Crippen molar-refractivity contribution in [2.75, 3.05) is 6.26 Å². The molecule has 0 spiro atoms. The maximum absolute atomic E-state index is 11.0. The summed E-state index contributed by atoms with van der Waals surface area (Å²) >= 11 is 2.68. The number of thioether (sulfide) groups is 1. The van der Waals surface area contributed by atoms with Gasteiger partial charge in [0.25, 0.3) is 0 Å². The fourth-order valence-corrected chi connectivity index (χ4v) is 3.44. The van der Waals surface area contributed by atoms with Crippen molar-refractivity contribution < 1.29 is 9.90 Å². The average Bonchev–Trinajstić information content (AvgIpc) is 2.97. The van der Waals surface area contributed by atoms with Gasteiger partial charge in [-0.1, -0.05) is 0 Å². The highest BCUT2D eigenvalue weighted by Crippen LogP contribution is 2.48. The smallest absolute Gasteiger partial charge is 0.346 e. The van der Waals surface area contributed by atoms with Crippen LogP contribution in [0.15, 0.2) is 4.21 Å². The van der Waals surface area contributed by atoms with E-state index in [0.29, 0.717) is 16.4 Å². The highest BCUT2D eigenvalue weighted by molar-refractivity contribution is 8.00. The number of nitrogens with zero attached hydrogens (tertiary/aromatic N) is 1. The molecule has 1 N–H and O–H groups in total. The summed E-state index contributed by atoms with van der Waals surface area (Å²) < 4.78 is 0.830. The minimum atomic E-state index is -0.904. The predicted octanol–water partition coefficient (Wildman–Crippen LogP) is 2.92. The number of hydrogen-bond acceptors (Lipinski definition) is 4. The molecule has 0 aliphatic heterocycles. The van der Waals surface area contributed by atoms with E-state index in [1.807, 2.05) is 6.26 Å². The van der Waals surface area contributed by atoms with Crippen LogP contribution in [0.5, 0.6) is 0 Å². The molecule has 0 saturated heterocycles. The molecule has 3 nitrogen and oxygen atoms in total. The SMILES string of the molecule is CSc1sc(C(=O)O)c(C2CC2)c1C#N. The van der Waals surface area contributed by atoms with Crippen LogP contribution >= 0.6 is 23.1 Å². The van der Waals surface area contributed by atoms with Gasteiger partial charge in [0, 0.05) is 0 Å².